The first-order valence-electron chi connectivity index (χ1n) is 6.57. The van der Waals surface area contributed by atoms with Gasteiger partial charge in [-0.1, -0.05) is 29.8 Å². The molecule has 1 aromatic rings. The lowest BCUT2D eigenvalue weighted by atomic mass is 9.93. The fourth-order valence-electron chi connectivity index (χ4n) is 2.44. The predicted octanol–water partition coefficient (Wildman–Crippen LogP) is 2.13. The highest BCUT2D eigenvalue weighted by molar-refractivity contribution is 5.91. The Balaban J connectivity index is 0.00000180. The molecule has 2 rings (SSSR count). The maximum atomic E-state index is 12.5. The summed E-state index contributed by atoms with van der Waals surface area (Å²) in [5.41, 5.74) is 2.18. The van der Waals surface area contributed by atoms with Crippen LogP contribution in [0.5, 0.6) is 0 Å². The molecule has 1 N–H and O–H groups in total. The normalized spacial score (nSPS) is 15.5. The van der Waals surface area contributed by atoms with Gasteiger partial charge in [-0.3, -0.25) is 4.79 Å². The van der Waals surface area contributed by atoms with Crippen molar-refractivity contribution >= 4 is 18.3 Å². The Morgan fingerprint density at radius 3 is 2.63 bits per heavy atom. The SMILES string of the molecule is CNCCN(C)C(=O)C1(c2cccc(C)c2)CC1.Cl. The predicted molar refractivity (Wildman–Crippen MR) is 80.9 cm³/mol. The van der Waals surface area contributed by atoms with Crippen LogP contribution in [0.1, 0.15) is 24.0 Å². The molecule has 1 aliphatic carbocycles. The van der Waals surface area contributed by atoms with Gasteiger partial charge in [0.1, 0.15) is 0 Å². The Bertz CT molecular complexity index is 444. The van der Waals surface area contributed by atoms with E-state index < -0.39 is 0 Å². The Kier molecular flexibility index (Phi) is 5.39. The van der Waals surface area contributed by atoms with Gasteiger partial charge in [0.05, 0.1) is 5.41 Å². The minimum atomic E-state index is -0.228. The van der Waals surface area contributed by atoms with Crippen LogP contribution in [0.2, 0.25) is 0 Å². The Hall–Kier alpha value is -1.06. The minimum Gasteiger partial charge on any atom is -0.344 e. The summed E-state index contributed by atoms with van der Waals surface area (Å²) in [4.78, 5) is 14.4. The summed E-state index contributed by atoms with van der Waals surface area (Å²) in [6.45, 7) is 3.68. The van der Waals surface area contributed by atoms with E-state index in [1.54, 1.807) is 0 Å². The number of amides is 1. The zero-order valence-electron chi connectivity index (χ0n) is 11.9. The molecule has 1 saturated carbocycles. The number of carbonyl (C=O) groups excluding carboxylic acids is 1. The molecule has 0 atom stereocenters. The molecule has 1 fully saturated rings. The number of rotatable bonds is 5. The van der Waals surface area contributed by atoms with Crippen molar-refractivity contribution < 1.29 is 4.79 Å². The molecular formula is C15H23ClN2O. The standard InChI is InChI=1S/C15H22N2O.ClH/c1-12-5-4-6-13(11-12)15(7-8-15)14(18)17(3)10-9-16-2;/h4-6,11,16H,7-10H2,1-3H3;1H. The zero-order chi connectivity index (χ0) is 13.2. The van der Waals surface area contributed by atoms with E-state index in [-0.39, 0.29) is 23.7 Å². The van der Waals surface area contributed by atoms with Crippen LogP contribution in [-0.2, 0) is 10.2 Å². The fourth-order valence-corrected chi connectivity index (χ4v) is 2.44. The number of benzene rings is 1. The van der Waals surface area contributed by atoms with Crippen LogP contribution in [0, 0.1) is 6.92 Å². The van der Waals surface area contributed by atoms with E-state index in [0.29, 0.717) is 0 Å². The van der Waals surface area contributed by atoms with Crippen LogP contribution in [-0.4, -0.2) is 38.0 Å². The highest BCUT2D eigenvalue weighted by atomic mass is 35.5. The lowest BCUT2D eigenvalue weighted by molar-refractivity contribution is -0.132. The molecule has 0 saturated heterocycles. The summed E-state index contributed by atoms with van der Waals surface area (Å²) in [5, 5.41) is 3.08. The number of nitrogens with zero attached hydrogens (tertiary/aromatic N) is 1. The van der Waals surface area contributed by atoms with Crippen molar-refractivity contribution in [3.8, 4) is 0 Å². The van der Waals surface area contributed by atoms with Gasteiger partial charge in [0.15, 0.2) is 0 Å². The van der Waals surface area contributed by atoms with Crippen LogP contribution in [0.25, 0.3) is 0 Å². The summed E-state index contributed by atoms with van der Waals surface area (Å²) in [5.74, 6) is 0.267. The van der Waals surface area contributed by atoms with Gasteiger partial charge in [-0.25, -0.2) is 0 Å². The third-order valence-electron chi connectivity index (χ3n) is 3.77. The van der Waals surface area contributed by atoms with Crippen molar-refractivity contribution in [1.29, 1.82) is 0 Å². The summed E-state index contributed by atoms with van der Waals surface area (Å²) in [6, 6.07) is 8.36. The topological polar surface area (TPSA) is 32.3 Å². The molecule has 1 aromatic carbocycles. The molecule has 3 nitrogen and oxygen atoms in total. The number of halogens is 1. The van der Waals surface area contributed by atoms with Gasteiger partial charge in [-0.15, -0.1) is 12.4 Å². The van der Waals surface area contributed by atoms with E-state index in [1.807, 2.05) is 25.1 Å². The molecular weight excluding hydrogens is 260 g/mol. The van der Waals surface area contributed by atoms with Gasteiger partial charge in [0, 0.05) is 20.1 Å². The van der Waals surface area contributed by atoms with E-state index in [2.05, 4.69) is 30.4 Å². The molecule has 1 aliphatic rings. The first-order valence-corrected chi connectivity index (χ1v) is 6.57. The molecule has 0 aliphatic heterocycles. The number of hydrogen-bond acceptors (Lipinski definition) is 2. The molecule has 4 heteroatoms. The Morgan fingerprint density at radius 1 is 1.42 bits per heavy atom. The van der Waals surface area contributed by atoms with Gasteiger partial charge in [-0.05, 0) is 32.4 Å². The van der Waals surface area contributed by atoms with Crippen molar-refractivity contribution in [2.75, 3.05) is 27.2 Å². The lowest BCUT2D eigenvalue weighted by Gasteiger charge is -2.24. The van der Waals surface area contributed by atoms with Gasteiger partial charge in [-0.2, -0.15) is 0 Å². The van der Waals surface area contributed by atoms with Gasteiger partial charge < -0.3 is 10.2 Å². The Labute approximate surface area is 121 Å². The molecule has 0 radical (unpaired) electrons. The molecule has 0 bridgehead atoms. The van der Waals surface area contributed by atoms with Gasteiger partial charge >= 0.3 is 0 Å². The number of nitrogens with one attached hydrogen (secondary N) is 1. The van der Waals surface area contributed by atoms with Gasteiger partial charge in [0.25, 0.3) is 0 Å². The van der Waals surface area contributed by atoms with Crippen LogP contribution < -0.4 is 5.32 Å². The second-order valence-electron chi connectivity index (χ2n) is 5.28. The molecule has 0 heterocycles. The average molecular weight is 283 g/mol. The average Bonchev–Trinajstić information content (AvgIpc) is 3.16. The van der Waals surface area contributed by atoms with Crippen molar-refractivity contribution in [3.05, 3.63) is 35.4 Å². The number of carbonyl (C=O) groups is 1. The van der Waals surface area contributed by atoms with Crippen LogP contribution >= 0.6 is 12.4 Å². The smallest absolute Gasteiger partial charge is 0.233 e. The fraction of sp³-hybridized carbons (Fsp3) is 0.533. The van der Waals surface area contributed by atoms with E-state index >= 15 is 0 Å². The molecule has 0 aromatic heterocycles. The molecule has 19 heavy (non-hydrogen) atoms. The molecule has 0 unspecified atom stereocenters. The number of hydrogen-bond donors (Lipinski definition) is 1. The van der Waals surface area contributed by atoms with E-state index in [0.717, 1.165) is 25.9 Å². The maximum absolute atomic E-state index is 12.5. The van der Waals surface area contributed by atoms with Crippen LogP contribution in [0.3, 0.4) is 0 Å². The summed E-state index contributed by atoms with van der Waals surface area (Å²) < 4.78 is 0. The molecule has 0 spiro atoms. The van der Waals surface area contributed by atoms with Gasteiger partial charge in [0.2, 0.25) is 5.91 Å². The zero-order valence-corrected chi connectivity index (χ0v) is 12.7. The second kappa shape index (κ2) is 6.40. The first-order chi connectivity index (χ1) is 8.60. The van der Waals surface area contributed by atoms with Crippen LogP contribution in [0.4, 0.5) is 0 Å². The van der Waals surface area contributed by atoms with E-state index in [4.69, 9.17) is 0 Å². The summed E-state index contributed by atoms with van der Waals surface area (Å²) >= 11 is 0. The first kappa shape index (κ1) is 16.0. The van der Waals surface area contributed by atoms with Crippen LogP contribution in [0.15, 0.2) is 24.3 Å². The van der Waals surface area contributed by atoms with Crippen molar-refractivity contribution in [2.24, 2.45) is 0 Å². The maximum Gasteiger partial charge on any atom is 0.233 e. The largest absolute Gasteiger partial charge is 0.344 e. The highest BCUT2D eigenvalue weighted by Crippen LogP contribution is 2.49. The lowest BCUT2D eigenvalue weighted by Crippen LogP contribution is -2.39. The number of aryl methyl sites for hydroxylation is 1. The van der Waals surface area contributed by atoms with Crippen molar-refractivity contribution in [2.45, 2.75) is 25.2 Å². The second-order valence-corrected chi connectivity index (χ2v) is 5.28. The molecule has 1 amide bonds. The van der Waals surface area contributed by atoms with E-state index in [1.165, 1.54) is 11.1 Å². The third-order valence-corrected chi connectivity index (χ3v) is 3.77. The highest BCUT2D eigenvalue weighted by Gasteiger charge is 2.52. The minimum absolute atomic E-state index is 0. The molecule has 106 valence electrons. The number of likely N-dealkylation sites (N-methyl/N-ethyl adjacent to an activating group) is 2. The Morgan fingerprint density at radius 2 is 2.11 bits per heavy atom. The monoisotopic (exact) mass is 282 g/mol. The quantitative estimate of drug-likeness (QED) is 0.897. The van der Waals surface area contributed by atoms with Crippen molar-refractivity contribution in [1.82, 2.24) is 10.2 Å². The summed E-state index contributed by atoms with van der Waals surface area (Å²) in [7, 11) is 3.81. The summed E-state index contributed by atoms with van der Waals surface area (Å²) in [6.07, 6.45) is 1.97. The van der Waals surface area contributed by atoms with E-state index in [9.17, 15) is 4.79 Å². The third kappa shape index (κ3) is 3.28. The van der Waals surface area contributed by atoms with Crippen molar-refractivity contribution in [3.63, 3.8) is 0 Å².